The first-order chi connectivity index (χ1) is 9.02. The van der Waals surface area contributed by atoms with Crippen LogP contribution >= 0.6 is 27.5 Å². The van der Waals surface area contributed by atoms with Crippen LogP contribution in [0.15, 0.2) is 40.9 Å². The molecule has 0 heterocycles. The number of rotatable bonds is 3. The van der Waals surface area contributed by atoms with Gasteiger partial charge in [-0.25, -0.2) is 8.78 Å². The Balaban J connectivity index is 2.49. The summed E-state index contributed by atoms with van der Waals surface area (Å²) < 4.78 is 32.7. The summed E-state index contributed by atoms with van der Waals surface area (Å²) in [4.78, 5) is 0. The lowest BCUT2D eigenvalue weighted by Gasteiger charge is -2.15. The number of ether oxygens (including phenoxy) is 1. The molecule has 0 saturated carbocycles. The Kier molecular flexibility index (Phi) is 4.42. The molecule has 0 amide bonds. The molecule has 0 aromatic heterocycles. The van der Waals surface area contributed by atoms with Gasteiger partial charge in [0, 0.05) is 21.7 Å². The van der Waals surface area contributed by atoms with Crippen molar-refractivity contribution in [2.24, 2.45) is 0 Å². The lowest BCUT2D eigenvalue weighted by atomic mass is 10.0. The van der Waals surface area contributed by atoms with E-state index in [4.69, 9.17) is 16.3 Å². The molecule has 0 N–H and O–H groups in total. The molecule has 0 radical (unpaired) electrons. The van der Waals surface area contributed by atoms with Crippen LogP contribution in [0.4, 0.5) is 8.78 Å². The predicted octanol–water partition coefficient (Wildman–Crippen LogP) is 5.06. The number of hydrogen-bond acceptors (Lipinski definition) is 1. The van der Waals surface area contributed by atoms with Gasteiger partial charge in [-0.1, -0.05) is 22.0 Å². The molecule has 19 heavy (non-hydrogen) atoms. The molecule has 2 aromatic rings. The van der Waals surface area contributed by atoms with Gasteiger partial charge in [-0.05, 0) is 24.3 Å². The average Bonchev–Trinajstić information content (AvgIpc) is 2.38. The first-order valence-electron chi connectivity index (χ1n) is 5.45. The minimum absolute atomic E-state index is 0.208. The van der Waals surface area contributed by atoms with Crippen LogP contribution in [-0.4, -0.2) is 7.11 Å². The highest BCUT2D eigenvalue weighted by molar-refractivity contribution is 9.10. The molecule has 5 heteroatoms. The Morgan fingerprint density at radius 3 is 2.47 bits per heavy atom. The Labute approximate surface area is 123 Å². The third-order valence-corrected chi connectivity index (χ3v) is 3.66. The van der Waals surface area contributed by atoms with E-state index in [-0.39, 0.29) is 5.56 Å². The normalized spacial score (nSPS) is 12.3. The minimum Gasteiger partial charge on any atom is -0.496 e. The van der Waals surface area contributed by atoms with Crippen molar-refractivity contribution in [1.82, 2.24) is 0 Å². The van der Waals surface area contributed by atoms with E-state index in [0.29, 0.717) is 11.3 Å². The Morgan fingerprint density at radius 1 is 1.11 bits per heavy atom. The quantitative estimate of drug-likeness (QED) is 0.705. The van der Waals surface area contributed by atoms with Gasteiger partial charge in [-0.15, -0.1) is 11.6 Å². The smallest absolute Gasteiger partial charge is 0.131 e. The van der Waals surface area contributed by atoms with Crippen LogP contribution in [0.3, 0.4) is 0 Å². The molecule has 1 nitrogen and oxygen atoms in total. The standard InChI is InChI=1S/C14H10BrClF2O/c1-19-13-5-2-8(15)6-11(13)14(16)10-4-3-9(17)7-12(10)18/h2-7,14H,1H3. The second-order valence-corrected chi connectivity index (χ2v) is 5.27. The lowest BCUT2D eigenvalue weighted by Crippen LogP contribution is -2.00. The van der Waals surface area contributed by atoms with Gasteiger partial charge in [0.1, 0.15) is 17.4 Å². The Bertz CT molecular complexity index is 604. The molecule has 0 aliphatic rings. The van der Waals surface area contributed by atoms with Gasteiger partial charge in [0.25, 0.3) is 0 Å². The number of hydrogen-bond donors (Lipinski definition) is 0. The summed E-state index contributed by atoms with van der Waals surface area (Å²) in [6.45, 7) is 0. The predicted molar refractivity (Wildman–Crippen MR) is 74.7 cm³/mol. The van der Waals surface area contributed by atoms with Crippen LogP contribution in [0, 0.1) is 11.6 Å². The first kappa shape index (κ1) is 14.3. The summed E-state index contributed by atoms with van der Waals surface area (Å²) in [5, 5.41) is -0.756. The van der Waals surface area contributed by atoms with Gasteiger partial charge >= 0.3 is 0 Å². The first-order valence-corrected chi connectivity index (χ1v) is 6.68. The van der Waals surface area contributed by atoms with Crippen LogP contribution in [0.2, 0.25) is 0 Å². The van der Waals surface area contributed by atoms with Gasteiger partial charge in [-0.2, -0.15) is 0 Å². The van der Waals surface area contributed by atoms with Crippen molar-refractivity contribution in [3.63, 3.8) is 0 Å². The monoisotopic (exact) mass is 346 g/mol. The molecule has 0 aliphatic carbocycles. The van der Waals surface area contributed by atoms with Crippen LogP contribution in [-0.2, 0) is 0 Å². The third-order valence-electron chi connectivity index (χ3n) is 2.70. The molecule has 100 valence electrons. The van der Waals surface area contributed by atoms with Crippen molar-refractivity contribution in [2.75, 3.05) is 7.11 Å². The van der Waals surface area contributed by atoms with Gasteiger partial charge < -0.3 is 4.74 Å². The molecular formula is C14H10BrClF2O. The molecule has 1 atom stereocenters. The highest BCUT2D eigenvalue weighted by Crippen LogP contribution is 2.37. The number of alkyl halides is 1. The highest BCUT2D eigenvalue weighted by atomic mass is 79.9. The van der Waals surface area contributed by atoms with E-state index in [1.54, 1.807) is 18.2 Å². The van der Waals surface area contributed by atoms with Crippen LogP contribution in [0.25, 0.3) is 0 Å². The fourth-order valence-corrected chi connectivity index (χ4v) is 2.50. The van der Waals surface area contributed by atoms with Crippen LogP contribution in [0.5, 0.6) is 5.75 Å². The lowest BCUT2D eigenvalue weighted by molar-refractivity contribution is 0.410. The van der Waals surface area contributed by atoms with E-state index in [0.717, 1.165) is 10.5 Å². The second-order valence-electron chi connectivity index (χ2n) is 3.91. The SMILES string of the molecule is COc1ccc(Br)cc1C(Cl)c1ccc(F)cc1F. The topological polar surface area (TPSA) is 9.23 Å². The van der Waals surface area contributed by atoms with Crippen molar-refractivity contribution >= 4 is 27.5 Å². The van der Waals surface area contributed by atoms with Gasteiger partial charge in [-0.3, -0.25) is 0 Å². The van der Waals surface area contributed by atoms with Crippen LogP contribution < -0.4 is 4.74 Å². The fourth-order valence-electron chi connectivity index (χ4n) is 1.78. The van der Waals surface area contributed by atoms with Gasteiger partial charge in [0.2, 0.25) is 0 Å². The molecule has 2 rings (SSSR count). The summed E-state index contributed by atoms with van der Waals surface area (Å²) in [6.07, 6.45) is 0. The molecule has 0 fully saturated rings. The van der Waals surface area contributed by atoms with Crippen molar-refractivity contribution in [2.45, 2.75) is 5.38 Å². The maximum atomic E-state index is 13.7. The Hall–Kier alpha value is -1.13. The molecule has 2 aromatic carbocycles. The Morgan fingerprint density at radius 2 is 1.84 bits per heavy atom. The fraction of sp³-hybridized carbons (Fsp3) is 0.143. The maximum absolute atomic E-state index is 13.7. The van der Waals surface area contributed by atoms with Crippen molar-refractivity contribution in [3.05, 3.63) is 63.6 Å². The summed E-state index contributed by atoms with van der Waals surface area (Å²) >= 11 is 9.61. The summed E-state index contributed by atoms with van der Waals surface area (Å²) in [6, 6.07) is 8.61. The van der Waals surface area contributed by atoms with Crippen LogP contribution in [0.1, 0.15) is 16.5 Å². The number of methoxy groups -OCH3 is 1. The third kappa shape index (κ3) is 3.07. The highest BCUT2D eigenvalue weighted by Gasteiger charge is 2.19. The molecule has 0 aliphatic heterocycles. The van der Waals surface area contributed by atoms with E-state index in [1.807, 2.05) is 0 Å². The van der Waals surface area contributed by atoms with Gasteiger partial charge in [0.05, 0.1) is 12.5 Å². The van der Waals surface area contributed by atoms with Crippen molar-refractivity contribution in [3.8, 4) is 5.75 Å². The zero-order valence-electron chi connectivity index (χ0n) is 9.96. The largest absolute Gasteiger partial charge is 0.496 e. The van der Waals surface area contributed by atoms with Crippen molar-refractivity contribution < 1.29 is 13.5 Å². The summed E-state index contributed by atoms with van der Waals surface area (Å²) in [7, 11) is 1.51. The zero-order chi connectivity index (χ0) is 14.0. The van der Waals surface area contributed by atoms with Crippen molar-refractivity contribution in [1.29, 1.82) is 0 Å². The number of benzene rings is 2. The zero-order valence-corrected chi connectivity index (χ0v) is 12.3. The summed E-state index contributed by atoms with van der Waals surface area (Å²) in [5.41, 5.74) is 0.823. The van der Waals surface area contributed by atoms with E-state index in [1.165, 1.54) is 19.2 Å². The molecule has 0 spiro atoms. The molecule has 1 unspecified atom stereocenters. The summed E-state index contributed by atoms with van der Waals surface area (Å²) in [5.74, 6) is -0.764. The minimum atomic E-state index is -0.756. The van der Waals surface area contributed by atoms with E-state index < -0.39 is 17.0 Å². The molecule has 0 bridgehead atoms. The average molecular weight is 348 g/mol. The van der Waals surface area contributed by atoms with Gasteiger partial charge in [0.15, 0.2) is 0 Å². The van der Waals surface area contributed by atoms with E-state index in [9.17, 15) is 8.78 Å². The van der Waals surface area contributed by atoms with E-state index in [2.05, 4.69) is 15.9 Å². The number of halogens is 4. The maximum Gasteiger partial charge on any atom is 0.131 e. The van der Waals surface area contributed by atoms with E-state index >= 15 is 0 Å². The second kappa shape index (κ2) is 5.88. The molecular weight excluding hydrogens is 338 g/mol. The molecule has 0 saturated heterocycles.